The summed E-state index contributed by atoms with van der Waals surface area (Å²) in [6.07, 6.45) is 0.322. The fraction of sp³-hybridized carbons (Fsp3) is 0.300. The first kappa shape index (κ1) is 19.5. The van der Waals surface area contributed by atoms with Crippen LogP contribution in [-0.2, 0) is 27.4 Å². The zero-order valence-electron chi connectivity index (χ0n) is 15.4. The second kappa shape index (κ2) is 9.09. The summed E-state index contributed by atoms with van der Waals surface area (Å²) in [5.41, 5.74) is 0.906. The highest BCUT2D eigenvalue weighted by Gasteiger charge is 2.19. The van der Waals surface area contributed by atoms with Crippen molar-refractivity contribution < 1.29 is 24.0 Å². The van der Waals surface area contributed by atoms with Crippen LogP contribution in [0.1, 0.15) is 17.3 Å². The van der Waals surface area contributed by atoms with Gasteiger partial charge < -0.3 is 19.7 Å². The van der Waals surface area contributed by atoms with Gasteiger partial charge >= 0.3 is 5.97 Å². The third-order valence-electron chi connectivity index (χ3n) is 4.22. The lowest BCUT2D eigenvalue weighted by Gasteiger charge is -2.14. The number of rotatable bonds is 9. The van der Waals surface area contributed by atoms with E-state index in [4.69, 9.17) is 9.26 Å². The van der Waals surface area contributed by atoms with Crippen molar-refractivity contribution >= 4 is 22.6 Å². The number of amides is 1. The first-order valence-corrected chi connectivity index (χ1v) is 8.85. The molecule has 0 bridgehead atoms. The van der Waals surface area contributed by atoms with E-state index >= 15 is 0 Å². The summed E-state index contributed by atoms with van der Waals surface area (Å²) >= 11 is 0. The van der Waals surface area contributed by atoms with Crippen LogP contribution in [0.15, 0.2) is 47.0 Å². The maximum atomic E-state index is 11.9. The molecule has 1 atom stereocenters. The average molecular weight is 383 g/mol. The second-order valence-electron chi connectivity index (χ2n) is 6.45. The minimum atomic E-state index is -0.962. The van der Waals surface area contributed by atoms with Gasteiger partial charge in [0.25, 0.3) is 5.89 Å². The van der Waals surface area contributed by atoms with Gasteiger partial charge in [0.2, 0.25) is 5.91 Å². The van der Waals surface area contributed by atoms with Gasteiger partial charge in [-0.25, -0.2) is 0 Å². The predicted molar refractivity (Wildman–Crippen MR) is 100 cm³/mol. The van der Waals surface area contributed by atoms with Gasteiger partial charge in [-0.05, 0) is 29.7 Å². The Balaban J connectivity index is 1.49. The molecule has 0 radical (unpaired) electrons. The molecule has 0 saturated heterocycles. The molecule has 1 amide bonds. The van der Waals surface area contributed by atoms with E-state index < -0.39 is 17.8 Å². The molecule has 8 nitrogen and oxygen atoms in total. The van der Waals surface area contributed by atoms with Gasteiger partial charge in [-0.3, -0.25) is 9.59 Å². The monoisotopic (exact) mass is 383 g/mol. The summed E-state index contributed by atoms with van der Waals surface area (Å²) in [6.45, 7) is 1.50. The number of nitrogens with one attached hydrogen (secondary N) is 1. The fourth-order valence-electron chi connectivity index (χ4n) is 2.81. The first-order valence-electron chi connectivity index (χ1n) is 8.85. The molecule has 3 rings (SSSR count). The predicted octanol–water partition coefficient (Wildman–Crippen LogP) is 2.11. The molecule has 0 spiro atoms. The summed E-state index contributed by atoms with van der Waals surface area (Å²) in [5, 5.41) is 17.9. The Morgan fingerprint density at radius 1 is 1.21 bits per heavy atom. The van der Waals surface area contributed by atoms with Crippen LogP contribution in [0, 0.1) is 12.8 Å². The number of hydrogen-bond acceptors (Lipinski definition) is 6. The summed E-state index contributed by atoms with van der Waals surface area (Å²) in [6, 6.07) is 13.7. The zero-order valence-corrected chi connectivity index (χ0v) is 15.4. The number of nitrogens with zero attached hydrogens (tertiary/aromatic N) is 2. The lowest BCUT2D eigenvalue weighted by Crippen LogP contribution is -2.36. The Bertz CT molecular complexity index is 969. The van der Waals surface area contributed by atoms with Crippen molar-refractivity contribution in [2.24, 2.45) is 5.92 Å². The molecule has 3 aromatic rings. The quantitative estimate of drug-likeness (QED) is 0.581. The van der Waals surface area contributed by atoms with Crippen molar-refractivity contribution in [2.45, 2.75) is 20.0 Å². The maximum Gasteiger partial charge on any atom is 0.308 e. The van der Waals surface area contributed by atoms with Crippen molar-refractivity contribution in [2.75, 3.05) is 13.2 Å². The summed E-state index contributed by atoms with van der Waals surface area (Å²) in [4.78, 5) is 27.4. The molecule has 0 saturated carbocycles. The van der Waals surface area contributed by atoms with Crippen LogP contribution in [0.5, 0.6) is 0 Å². The van der Waals surface area contributed by atoms with E-state index in [0.717, 1.165) is 16.3 Å². The molecule has 0 aliphatic carbocycles. The SMILES string of the molecule is Cc1noc(COCC(=O)NCC(Cc2ccc3ccccc3c2)C(=O)O)n1. The number of carbonyl (C=O) groups excluding carboxylic acids is 1. The van der Waals surface area contributed by atoms with Crippen molar-refractivity contribution in [3.63, 3.8) is 0 Å². The summed E-state index contributed by atoms with van der Waals surface area (Å²) in [5.74, 6) is -1.33. The smallest absolute Gasteiger partial charge is 0.308 e. The van der Waals surface area contributed by atoms with E-state index in [0.29, 0.717) is 12.2 Å². The van der Waals surface area contributed by atoms with Gasteiger partial charge in [0.05, 0.1) is 5.92 Å². The van der Waals surface area contributed by atoms with E-state index in [-0.39, 0.29) is 25.6 Å². The highest BCUT2D eigenvalue weighted by molar-refractivity contribution is 5.83. The molecule has 2 aromatic carbocycles. The Hall–Kier alpha value is -3.26. The van der Waals surface area contributed by atoms with Crippen molar-refractivity contribution in [1.82, 2.24) is 15.5 Å². The van der Waals surface area contributed by atoms with E-state index in [9.17, 15) is 14.7 Å². The topological polar surface area (TPSA) is 115 Å². The highest BCUT2D eigenvalue weighted by Crippen LogP contribution is 2.18. The summed E-state index contributed by atoms with van der Waals surface area (Å²) < 4.78 is 10.1. The maximum absolute atomic E-state index is 11.9. The van der Waals surface area contributed by atoms with Crippen LogP contribution in [0.25, 0.3) is 10.8 Å². The van der Waals surface area contributed by atoms with Gasteiger partial charge in [-0.15, -0.1) is 0 Å². The molecule has 0 aliphatic rings. The number of aliphatic carboxylic acids is 1. The number of carboxylic acid groups (broad SMARTS) is 1. The van der Waals surface area contributed by atoms with Crippen LogP contribution in [0.2, 0.25) is 0 Å². The summed E-state index contributed by atoms with van der Waals surface area (Å²) in [7, 11) is 0. The number of carbonyl (C=O) groups is 2. The van der Waals surface area contributed by atoms with E-state index in [1.54, 1.807) is 6.92 Å². The third-order valence-corrected chi connectivity index (χ3v) is 4.22. The molecular weight excluding hydrogens is 362 g/mol. The lowest BCUT2D eigenvalue weighted by molar-refractivity contribution is -0.141. The highest BCUT2D eigenvalue weighted by atomic mass is 16.5. The molecule has 1 heterocycles. The average Bonchev–Trinajstić information content (AvgIpc) is 3.09. The molecule has 8 heteroatoms. The van der Waals surface area contributed by atoms with Crippen LogP contribution in [-0.4, -0.2) is 40.3 Å². The molecule has 0 aliphatic heterocycles. The van der Waals surface area contributed by atoms with Gasteiger partial charge in [0.15, 0.2) is 5.82 Å². The molecular formula is C20H21N3O5. The molecule has 28 heavy (non-hydrogen) atoms. The Labute approximate surface area is 161 Å². The molecule has 1 aromatic heterocycles. The number of benzene rings is 2. The molecule has 2 N–H and O–H groups in total. The number of hydrogen-bond donors (Lipinski definition) is 2. The van der Waals surface area contributed by atoms with Crippen LogP contribution < -0.4 is 5.32 Å². The molecule has 1 unspecified atom stereocenters. The van der Waals surface area contributed by atoms with Gasteiger partial charge in [0, 0.05) is 6.54 Å². The Kier molecular flexibility index (Phi) is 6.33. The normalized spacial score (nSPS) is 12.0. The van der Waals surface area contributed by atoms with Crippen LogP contribution in [0.4, 0.5) is 0 Å². The number of ether oxygens (including phenoxy) is 1. The number of aryl methyl sites for hydroxylation is 1. The van der Waals surface area contributed by atoms with Crippen molar-refractivity contribution in [3.05, 3.63) is 59.7 Å². The third kappa shape index (κ3) is 5.37. The fourth-order valence-corrected chi connectivity index (χ4v) is 2.81. The largest absolute Gasteiger partial charge is 0.481 e. The van der Waals surface area contributed by atoms with Gasteiger partial charge in [0.1, 0.15) is 13.2 Å². The first-order chi connectivity index (χ1) is 13.5. The van der Waals surface area contributed by atoms with Crippen molar-refractivity contribution in [1.29, 1.82) is 0 Å². The second-order valence-corrected chi connectivity index (χ2v) is 6.45. The van der Waals surface area contributed by atoms with Crippen molar-refractivity contribution in [3.8, 4) is 0 Å². The van der Waals surface area contributed by atoms with E-state index in [1.165, 1.54) is 0 Å². The number of fused-ring (bicyclic) bond motifs is 1. The minimum Gasteiger partial charge on any atom is -0.481 e. The zero-order chi connectivity index (χ0) is 19.9. The van der Waals surface area contributed by atoms with E-state index in [1.807, 2.05) is 42.5 Å². The Morgan fingerprint density at radius 2 is 2.00 bits per heavy atom. The Morgan fingerprint density at radius 3 is 2.71 bits per heavy atom. The number of aromatic nitrogens is 2. The molecule has 146 valence electrons. The molecule has 0 fully saturated rings. The van der Waals surface area contributed by atoms with Crippen LogP contribution in [0.3, 0.4) is 0 Å². The number of carboxylic acids is 1. The minimum absolute atomic E-state index is 0.0179. The van der Waals surface area contributed by atoms with Gasteiger partial charge in [-0.1, -0.05) is 47.6 Å². The van der Waals surface area contributed by atoms with Gasteiger partial charge in [-0.2, -0.15) is 4.98 Å². The van der Waals surface area contributed by atoms with E-state index in [2.05, 4.69) is 15.5 Å². The lowest BCUT2D eigenvalue weighted by atomic mass is 9.97. The standard InChI is InChI=1S/C20H21N3O5/c1-13-22-19(28-23-13)12-27-11-18(24)21-10-17(20(25)26)9-14-6-7-15-4-2-3-5-16(15)8-14/h2-8,17H,9-12H2,1H3,(H,21,24)(H,25,26). The van der Waals surface area contributed by atoms with Crippen LogP contribution >= 0.6 is 0 Å².